The second kappa shape index (κ2) is 5.80. The molecule has 0 spiro atoms. The molecule has 0 aliphatic rings. The van der Waals surface area contributed by atoms with Crippen LogP contribution in [-0.2, 0) is 0 Å². The minimum atomic E-state index is -0.672. The summed E-state index contributed by atoms with van der Waals surface area (Å²) >= 11 is 0. The third-order valence-electron chi connectivity index (χ3n) is 2.78. The highest BCUT2D eigenvalue weighted by atomic mass is 19.1. The van der Waals surface area contributed by atoms with E-state index in [2.05, 4.69) is 0 Å². The van der Waals surface area contributed by atoms with E-state index >= 15 is 0 Å². The standard InChI is InChI=1S/C15H15F2NO/c1-10-2-4-11(5-3-10)15(9-18)19-14-7-12(16)6-13(17)8-14/h2-8,15H,9,18H2,1H3. The number of nitrogens with two attached hydrogens (primary N) is 1. The quantitative estimate of drug-likeness (QED) is 0.918. The first kappa shape index (κ1) is 13.5. The molecule has 0 aliphatic carbocycles. The summed E-state index contributed by atoms with van der Waals surface area (Å²) in [5, 5.41) is 0. The van der Waals surface area contributed by atoms with Crippen LogP contribution < -0.4 is 10.5 Å². The Kier molecular flexibility index (Phi) is 4.12. The van der Waals surface area contributed by atoms with E-state index in [-0.39, 0.29) is 12.3 Å². The largest absolute Gasteiger partial charge is 0.484 e. The lowest BCUT2D eigenvalue weighted by Gasteiger charge is -2.18. The molecule has 2 rings (SSSR count). The molecule has 0 radical (unpaired) electrons. The SMILES string of the molecule is Cc1ccc(C(CN)Oc2cc(F)cc(F)c2)cc1. The van der Waals surface area contributed by atoms with Gasteiger partial charge in [-0.2, -0.15) is 0 Å². The molecule has 0 aliphatic heterocycles. The van der Waals surface area contributed by atoms with Gasteiger partial charge in [0.05, 0.1) is 0 Å². The van der Waals surface area contributed by atoms with E-state index in [1.165, 1.54) is 0 Å². The van der Waals surface area contributed by atoms with Crippen LogP contribution in [0.1, 0.15) is 17.2 Å². The maximum atomic E-state index is 13.1. The molecule has 0 saturated heterocycles. The summed E-state index contributed by atoms with van der Waals surface area (Å²) in [5.74, 6) is -1.21. The van der Waals surface area contributed by atoms with Crippen LogP contribution in [0, 0.1) is 18.6 Å². The smallest absolute Gasteiger partial charge is 0.136 e. The Balaban J connectivity index is 2.21. The van der Waals surface area contributed by atoms with Crippen molar-refractivity contribution in [1.82, 2.24) is 0 Å². The molecule has 2 aromatic carbocycles. The molecule has 2 N–H and O–H groups in total. The first-order valence-electron chi connectivity index (χ1n) is 5.98. The fourth-order valence-electron chi connectivity index (χ4n) is 1.79. The highest BCUT2D eigenvalue weighted by Gasteiger charge is 2.12. The number of ether oxygens (including phenoxy) is 1. The molecule has 0 heterocycles. The summed E-state index contributed by atoms with van der Waals surface area (Å²) < 4.78 is 31.7. The monoisotopic (exact) mass is 263 g/mol. The van der Waals surface area contributed by atoms with Crippen LogP contribution in [0.3, 0.4) is 0 Å². The Bertz CT molecular complexity index is 534. The maximum absolute atomic E-state index is 13.1. The Hall–Kier alpha value is -1.94. The Morgan fingerprint density at radius 1 is 1.05 bits per heavy atom. The van der Waals surface area contributed by atoms with E-state index in [9.17, 15) is 8.78 Å². The van der Waals surface area contributed by atoms with E-state index in [4.69, 9.17) is 10.5 Å². The Morgan fingerprint density at radius 3 is 2.16 bits per heavy atom. The van der Waals surface area contributed by atoms with E-state index in [1.807, 2.05) is 31.2 Å². The van der Waals surface area contributed by atoms with Gasteiger partial charge in [0.1, 0.15) is 23.5 Å². The van der Waals surface area contributed by atoms with Crippen molar-refractivity contribution in [2.75, 3.05) is 6.54 Å². The van der Waals surface area contributed by atoms with Crippen molar-refractivity contribution in [3.8, 4) is 5.75 Å². The number of hydrogen-bond acceptors (Lipinski definition) is 2. The van der Waals surface area contributed by atoms with E-state index < -0.39 is 17.7 Å². The van der Waals surface area contributed by atoms with Crippen molar-refractivity contribution >= 4 is 0 Å². The van der Waals surface area contributed by atoms with Crippen molar-refractivity contribution in [1.29, 1.82) is 0 Å². The van der Waals surface area contributed by atoms with Gasteiger partial charge in [0.15, 0.2) is 0 Å². The van der Waals surface area contributed by atoms with Gasteiger partial charge in [0, 0.05) is 24.7 Å². The molecule has 19 heavy (non-hydrogen) atoms. The zero-order valence-electron chi connectivity index (χ0n) is 10.6. The van der Waals surface area contributed by atoms with Crippen LogP contribution in [0.2, 0.25) is 0 Å². The predicted molar refractivity (Wildman–Crippen MR) is 70.0 cm³/mol. The summed E-state index contributed by atoms with van der Waals surface area (Å²) in [6, 6.07) is 10.7. The Morgan fingerprint density at radius 2 is 1.63 bits per heavy atom. The first-order valence-corrected chi connectivity index (χ1v) is 5.98. The lowest BCUT2D eigenvalue weighted by Crippen LogP contribution is -2.18. The highest BCUT2D eigenvalue weighted by Crippen LogP contribution is 2.23. The third kappa shape index (κ3) is 3.51. The fourth-order valence-corrected chi connectivity index (χ4v) is 1.79. The van der Waals surface area contributed by atoms with Gasteiger partial charge in [0.2, 0.25) is 0 Å². The van der Waals surface area contributed by atoms with E-state index in [0.717, 1.165) is 29.3 Å². The van der Waals surface area contributed by atoms with Crippen LogP contribution in [0.25, 0.3) is 0 Å². The number of benzene rings is 2. The van der Waals surface area contributed by atoms with Crippen molar-refractivity contribution in [3.05, 3.63) is 65.2 Å². The van der Waals surface area contributed by atoms with E-state index in [1.54, 1.807) is 0 Å². The molecule has 0 fully saturated rings. The van der Waals surface area contributed by atoms with Crippen LogP contribution in [0.15, 0.2) is 42.5 Å². The van der Waals surface area contributed by atoms with Crippen LogP contribution in [0.4, 0.5) is 8.78 Å². The molecule has 0 aromatic heterocycles. The maximum Gasteiger partial charge on any atom is 0.136 e. The zero-order chi connectivity index (χ0) is 13.8. The summed E-state index contributed by atoms with van der Waals surface area (Å²) in [6.45, 7) is 2.20. The number of halogens is 2. The molecule has 0 amide bonds. The number of rotatable bonds is 4. The molecule has 1 unspecified atom stereocenters. The van der Waals surface area contributed by atoms with Gasteiger partial charge in [-0.1, -0.05) is 29.8 Å². The summed E-state index contributed by atoms with van der Waals surface area (Å²) in [5.41, 5.74) is 7.65. The molecule has 4 heteroatoms. The van der Waals surface area contributed by atoms with Crippen LogP contribution in [0.5, 0.6) is 5.75 Å². The van der Waals surface area contributed by atoms with Gasteiger partial charge in [-0.3, -0.25) is 0 Å². The van der Waals surface area contributed by atoms with Crippen molar-refractivity contribution < 1.29 is 13.5 Å². The minimum absolute atomic E-state index is 0.133. The van der Waals surface area contributed by atoms with Gasteiger partial charge >= 0.3 is 0 Å². The summed E-state index contributed by atoms with van der Waals surface area (Å²) in [4.78, 5) is 0. The summed E-state index contributed by atoms with van der Waals surface area (Å²) in [6.07, 6.45) is -0.429. The van der Waals surface area contributed by atoms with Crippen molar-refractivity contribution in [3.63, 3.8) is 0 Å². The van der Waals surface area contributed by atoms with Crippen molar-refractivity contribution in [2.45, 2.75) is 13.0 Å². The molecular formula is C15H15F2NO. The van der Waals surface area contributed by atoms with Crippen LogP contribution >= 0.6 is 0 Å². The molecular weight excluding hydrogens is 248 g/mol. The molecule has 1 atom stereocenters. The lowest BCUT2D eigenvalue weighted by molar-refractivity contribution is 0.212. The van der Waals surface area contributed by atoms with E-state index in [0.29, 0.717) is 0 Å². The highest BCUT2D eigenvalue weighted by molar-refractivity contribution is 5.28. The average Bonchev–Trinajstić information content (AvgIpc) is 2.36. The van der Waals surface area contributed by atoms with Gasteiger partial charge < -0.3 is 10.5 Å². The summed E-state index contributed by atoms with van der Waals surface area (Å²) in [7, 11) is 0. The third-order valence-corrected chi connectivity index (χ3v) is 2.78. The molecule has 2 aromatic rings. The fraction of sp³-hybridized carbons (Fsp3) is 0.200. The van der Waals surface area contributed by atoms with Crippen molar-refractivity contribution in [2.24, 2.45) is 5.73 Å². The van der Waals surface area contributed by atoms with Gasteiger partial charge in [-0.15, -0.1) is 0 Å². The second-order valence-electron chi connectivity index (χ2n) is 4.36. The molecule has 2 nitrogen and oxygen atoms in total. The van der Waals surface area contributed by atoms with Gasteiger partial charge in [0.25, 0.3) is 0 Å². The van der Waals surface area contributed by atoms with Gasteiger partial charge in [-0.25, -0.2) is 8.78 Å². The van der Waals surface area contributed by atoms with Gasteiger partial charge in [-0.05, 0) is 12.5 Å². The normalized spacial score (nSPS) is 12.2. The topological polar surface area (TPSA) is 35.2 Å². The van der Waals surface area contributed by atoms with Crippen LogP contribution in [-0.4, -0.2) is 6.54 Å². The lowest BCUT2D eigenvalue weighted by atomic mass is 10.1. The first-order chi connectivity index (χ1) is 9.08. The number of hydrogen-bond donors (Lipinski definition) is 1. The predicted octanol–water partition coefficient (Wildman–Crippen LogP) is 3.35. The second-order valence-corrected chi connectivity index (χ2v) is 4.36. The zero-order valence-corrected chi connectivity index (χ0v) is 10.6. The number of aryl methyl sites for hydroxylation is 1. The molecule has 100 valence electrons. The Labute approximate surface area is 110 Å². The minimum Gasteiger partial charge on any atom is -0.484 e. The molecule has 0 bridgehead atoms. The molecule has 0 saturated carbocycles. The average molecular weight is 263 g/mol.